The van der Waals surface area contributed by atoms with Crippen LogP contribution in [0.2, 0.25) is 0 Å². The summed E-state index contributed by atoms with van der Waals surface area (Å²) < 4.78 is 5.29. The maximum absolute atomic E-state index is 13.0. The molecule has 0 atom stereocenters. The van der Waals surface area contributed by atoms with Crippen LogP contribution in [0, 0.1) is 13.8 Å². The maximum atomic E-state index is 13.0. The second kappa shape index (κ2) is 7.62. The van der Waals surface area contributed by atoms with E-state index in [0.29, 0.717) is 13.1 Å². The number of benzene rings is 1. The maximum Gasteiger partial charge on any atom is 0.265 e. The first-order chi connectivity index (χ1) is 13.1. The minimum absolute atomic E-state index is 0.0855. The number of rotatable bonds is 4. The summed E-state index contributed by atoms with van der Waals surface area (Å²) in [7, 11) is 0. The predicted molar refractivity (Wildman–Crippen MR) is 105 cm³/mol. The van der Waals surface area contributed by atoms with E-state index in [1.54, 1.807) is 0 Å². The van der Waals surface area contributed by atoms with E-state index >= 15 is 0 Å². The summed E-state index contributed by atoms with van der Waals surface area (Å²) in [4.78, 5) is 22.6. The number of thiazole rings is 1. The van der Waals surface area contributed by atoms with E-state index in [0.717, 1.165) is 52.2 Å². The van der Waals surface area contributed by atoms with Crippen LogP contribution in [-0.2, 0) is 6.54 Å². The first kappa shape index (κ1) is 17.9. The first-order valence-electron chi connectivity index (χ1n) is 9.07. The molecule has 4 rings (SSSR count). The second-order valence-corrected chi connectivity index (χ2v) is 7.80. The van der Waals surface area contributed by atoms with Gasteiger partial charge in [-0.1, -0.05) is 35.5 Å². The summed E-state index contributed by atoms with van der Waals surface area (Å²) in [5, 5.41) is 4.83. The van der Waals surface area contributed by atoms with E-state index in [2.05, 4.69) is 15.0 Å². The molecule has 1 amide bonds. The lowest BCUT2D eigenvalue weighted by Crippen LogP contribution is -2.48. The van der Waals surface area contributed by atoms with Crippen molar-refractivity contribution in [3.63, 3.8) is 0 Å². The molecule has 0 N–H and O–H groups in total. The molecule has 6 nitrogen and oxygen atoms in total. The summed E-state index contributed by atoms with van der Waals surface area (Å²) in [6.07, 6.45) is 0. The van der Waals surface area contributed by atoms with Gasteiger partial charge in [-0.15, -0.1) is 11.3 Å². The largest absolute Gasteiger partial charge is 0.360 e. The molecule has 0 spiro atoms. The molecule has 3 heterocycles. The highest BCUT2D eigenvalue weighted by atomic mass is 32.1. The van der Waals surface area contributed by atoms with Gasteiger partial charge in [-0.2, -0.15) is 0 Å². The molecule has 0 radical (unpaired) electrons. The molecule has 27 heavy (non-hydrogen) atoms. The summed E-state index contributed by atoms with van der Waals surface area (Å²) in [5.74, 6) is 0.959. The number of carbonyl (C=O) groups is 1. The molecular formula is C20H22N4O2S. The van der Waals surface area contributed by atoms with E-state index in [4.69, 9.17) is 4.52 Å². The number of aromatic nitrogens is 2. The Balaban J connectivity index is 1.40. The zero-order chi connectivity index (χ0) is 18.8. The highest BCUT2D eigenvalue weighted by molar-refractivity contribution is 7.17. The lowest BCUT2D eigenvalue weighted by molar-refractivity contribution is 0.0621. The summed E-state index contributed by atoms with van der Waals surface area (Å²) in [5.41, 5.74) is 2.76. The van der Waals surface area contributed by atoms with Crippen LogP contribution in [0.1, 0.15) is 26.8 Å². The van der Waals surface area contributed by atoms with Gasteiger partial charge in [0.1, 0.15) is 9.88 Å². The monoisotopic (exact) mass is 382 g/mol. The van der Waals surface area contributed by atoms with Crippen molar-refractivity contribution in [2.24, 2.45) is 0 Å². The average Bonchev–Trinajstić information content (AvgIpc) is 3.28. The standard InChI is InChI=1S/C20H22N4O2S/c1-14-12-17(26-22-14)13-23-8-10-24(11-9-23)20(25)18-15(2)21-19(27-18)16-6-4-3-5-7-16/h3-7,12H,8-11,13H2,1-2H3. The minimum Gasteiger partial charge on any atom is -0.360 e. The minimum atomic E-state index is 0.0855. The van der Waals surface area contributed by atoms with Crippen LogP contribution in [0.25, 0.3) is 10.6 Å². The van der Waals surface area contributed by atoms with E-state index < -0.39 is 0 Å². The van der Waals surface area contributed by atoms with Crippen molar-refractivity contribution in [2.75, 3.05) is 26.2 Å². The number of amides is 1. The van der Waals surface area contributed by atoms with Crippen LogP contribution in [0.3, 0.4) is 0 Å². The zero-order valence-electron chi connectivity index (χ0n) is 15.5. The van der Waals surface area contributed by atoms with Gasteiger partial charge in [0.05, 0.1) is 17.9 Å². The van der Waals surface area contributed by atoms with Crippen molar-refractivity contribution in [3.8, 4) is 10.6 Å². The lowest BCUT2D eigenvalue weighted by Gasteiger charge is -2.34. The molecule has 0 unspecified atom stereocenters. The summed E-state index contributed by atoms with van der Waals surface area (Å²) in [6, 6.07) is 12.0. The molecule has 1 aromatic carbocycles. The predicted octanol–water partition coefficient (Wildman–Crippen LogP) is 3.37. The Morgan fingerprint density at radius 2 is 1.89 bits per heavy atom. The van der Waals surface area contributed by atoms with Crippen LogP contribution in [0.15, 0.2) is 40.9 Å². The van der Waals surface area contributed by atoms with Gasteiger partial charge in [-0.05, 0) is 13.8 Å². The first-order valence-corrected chi connectivity index (χ1v) is 9.88. The Hall–Kier alpha value is -2.51. The third-order valence-corrected chi connectivity index (χ3v) is 5.92. The molecule has 0 bridgehead atoms. The van der Waals surface area contributed by atoms with Gasteiger partial charge < -0.3 is 9.42 Å². The smallest absolute Gasteiger partial charge is 0.265 e. The third kappa shape index (κ3) is 3.94. The number of nitrogens with zero attached hydrogens (tertiary/aromatic N) is 4. The highest BCUT2D eigenvalue weighted by Crippen LogP contribution is 2.29. The Kier molecular flexibility index (Phi) is 5.05. The van der Waals surface area contributed by atoms with Crippen molar-refractivity contribution in [2.45, 2.75) is 20.4 Å². The van der Waals surface area contributed by atoms with Gasteiger partial charge in [0.25, 0.3) is 5.91 Å². The number of piperazine rings is 1. The third-order valence-electron chi connectivity index (χ3n) is 4.73. The Morgan fingerprint density at radius 1 is 1.15 bits per heavy atom. The Morgan fingerprint density at radius 3 is 2.56 bits per heavy atom. The van der Waals surface area contributed by atoms with Crippen molar-refractivity contribution in [3.05, 3.63) is 58.4 Å². The fraction of sp³-hybridized carbons (Fsp3) is 0.350. The molecule has 0 saturated carbocycles. The fourth-order valence-electron chi connectivity index (χ4n) is 3.26. The summed E-state index contributed by atoms with van der Waals surface area (Å²) in [6.45, 7) is 7.65. The summed E-state index contributed by atoms with van der Waals surface area (Å²) >= 11 is 1.48. The zero-order valence-corrected chi connectivity index (χ0v) is 16.3. The molecule has 1 aliphatic rings. The highest BCUT2D eigenvalue weighted by Gasteiger charge is 2.26. The van der Waals surface area contributed by atoms with Gasteiger partial charge >= 0.3 is 0 Å². The number of hydrogen-bond donors (Lipinski definition) is 0. The molecule has 0 aliphatic carbocycles. The number of aryl methyl sites for hydroxylation is 2. The number of carbonyl (C=O) groups excluding carboxylic acids is 1. The molecule has 1 aliphatic heterocycles. The van der Waals surface area contributed by atoms with Crippen molar-refractivity contribution in [1.29, 1.82) is 0 Å². The van der Waals surface area contributed by atoms with Crippen LogP contribution < -0.4 is 0 Å². The van der Waals surface area contributed by atoms with Crippen LogP contribution in [0.4, 0.5) is 0 Å². The van der Waals surface area contributed by atoms with Crippen molar-refractivity contribution in [1.82, 2.24) is 19.9 Å². The van der Waals surface area contributed by atoms with Crippen LogP contribution in [0.5, 0.6) is 0 Å². The molecule has 1 fully saturated rings. The molecule has 140 valence electrons. The molecule has 3 aromatic rings. The molecular weight excluding hydrogens is 360 g/mol. The van der Waals surface area contributed by atoms with Gasteiger partial charge in [-0.3, -0.25) is 9.69 Å². The average molecular weight is 382 g/mol. The van der Waals surface area contributed by atoms with E-state index in [1.165, 1.54) is 11.3 Å². The van der Waals surface area contributed by atoms with Crippen molar-refractivity contribution < 1.29 is 9.32 Å². The van der Waals surface area contributed by atoms with Gasteiger partial charge in [0, 0.05) is 37.8 Å². The number of hydrogen-bond acceptors (Lipinski definition) is 6. The van der Waals surface area contributed by atoms with Crippen LogP contribution >= 0.6 is 11.3 Å². The normalized spacial score (nSPS) is 15.3. The Labute approximate surface area is 162 Å². The molecule has 1 saturated heterocycles. The van der Waals surface area contributed by atoms with Gasteiger partial charge in [0.15, 0.2) is 5.76 Å². The second-order valence-electron chi connectivity index (χ2n) is 6.80. The lowest BCUT2D eigenvalue weighted by atomic mass is 10.2. The van der Waals surface area contributed by atoms with E-state index in [9.17, 15) is 4.79 Å². The van der Waals surface area contributed by atoms with E-state index in [-0.39, 0.29) is 5.91 Å². The molecule has 7 heteroatoms. The quantitative estimate of drug-likeness (QED) is 0.692. The van der Waals surface area contributed by atoms with Gasteiger partial charge in [0.2, 0.25) is 0 Å². The fourth-order valence-corrected chi connectivity index (χ4v) is 4.30. The van der Waals surface area contributed by atoms with Crippen LogP contribution in [-0.4, -0.2) is 52.0 Å². The SMILES string of the molecule is Cc1cc(CN2CCN(C(=O)c3sc(-c4ccccc4)nc3C)CC2)on1. The topological polar surface area (TPSA) is 62.5 Å². The van der Waals surface area contributed by atoms with Gasteiger partial charge in [-0.25, -0.2) is 4.98 Å². The molecule has 2 aromatic heterocycles. The Bertz CT molecular complexity index is 927. The van der Waals surface area contributed by atoms with Crippen molar-refractivity contribution >= 4 is 17.2 Å². The van der Waals surface area contributed by atoms with E-state index in [1.807, 2.05) is 55.1 Å².